The second-order valence-corrected chi connectivity index (χ2v) is 11.0. The summed E-state index contributed by atoms with van der Waals surface area (Å²) in [5.41, 5.74) is 0.251. The summed E-state index contributed by atoms with van der Waals surface area (Å²) in [6.07, 6.45) is 7.23. The minimum Gasteiger partial charge on any atom is -0.354 e. The summed E-state index contributed by atoms with van der Waals surface area (Å²) in [6, 6.07) is 13.7. The molecule has 35 heavy (non-hydrogen) atoms. The lowest BCUT2D eigenvalue weighted by atomic mass is 9.85. The fourth-order valence-electron chi connectivity index (χ4n) is 5.84. The summed E-state index contributed by atoms with van der Waals surface area (Å²) in [5, 5.41) is 4.99. The lowest BCUT2D eigenvalue weighted by Crippen LogP contribution is -2.57. The van der Waals surface area contributed by atoms with Crippen LogP contribution in [0.1, 0.15) is 54.6 Å². The van der Waals surface area contributed by atoms with Gasteiger partial charge in [-0.15, -0.1) is 11.3 Å². The SMILES string of the molecule is O=C(CN1CN(c2ccccc2)C2(CCN(C(=O)c3cccs3)CC2)C1=O)NCC1CCCCC1. The van der Waals surface area contributed by atoms with E-state index < -0.39 is 5.54 Å². The molecule has 1 aliphatic carbocycles. The minimum atomic E-state index is -0.725. The van der Waals surface area contributed by atoms with Gasteiger partial charge in [-0.3, -0.25) is 14.4 Å². The Kier molecular flexibility index (Phi) is 7.09. The Labute approximate surface area is 211 Å². The van der Waals surface area contributed by atoms with Gasteiger partial charge in [-0.25, -0.2) is 0 Å². The van der Waals surface area contributed by atoms with Gasteiger partial charge in [0.05, 0.1) is 11.5 Å². The van der Waals surface area contributed by atoms with E-state index in [1.54, 1.807) is 4.90 Å². The molecule has 0 bridgehead atoms. The molecule has 3 amide bonds. The minimum absolute atomic E-state index is 0.00241. The first-order valence-electron chi connectivity index (χ1n) is 12.8. The van der Waals surface area contributed by atoms with E-state index >= 15 is 0 Å². The maximum Gasteiger partial charge on any atom is 0.263 e. The molecule has 1 spiro atoms. The molecule has 1 aromatic heterocycles. The highest BCUT2D eigenvalue weighted by Crippen LogP contribution is 2.39. The fourth-order valence-corrected chi connectivity index (χ4v) is 6.53. The molecule has 7 nitrogen and oxygen atoms in total. The Hall–Kier alpha value is -2.87. The van der Waals surface area contributed by atoms with Crippen LogP contribution < -0.4 is 10.2 Å². The number of thiophene rings is 1. The first kappa shape index (κ1) is 23.9. The van der Waals surface area contributed by atoms with Crippen LogP contribution in [0, 0.1) is 5.92 Å². The van der Waals surface area contributed by atoms with Crippen LogP contribution in [0.25, 0.3) is 0 Å². The van der Waals surface area contributed by atoms with Crippen LogP contribution in [0.4, 0.5) is 5.69 Å². The third kappa shape index (κ3) is 4.94. The first-order valence-corrected chi connectivity index (χ1v) is 13.7. The number of nitrogens with one attached hydrogen (secondary N) is 1. The van der Waals surface area contributed by atoms with Crippen LogP contribution >= 0.6 is 11.3 Å². The number of carbonyl (C=O) groups excluding carboxylic acids is 3. The molecule has 1 saturated carbocycles. The Morgan fingerprint density at radius 2 is 1.74 bits per heavy atom. The highest BCUT2D eigenvalue weighted by molar-refractivity contribution is 7.12. The quantitative estimate of drug-likeness (QED) is 0.664. The molecule has 0 unspecified atom stereocenters. The monoisotopic (exact) mass is 494 g/mol. The molecule has 2 aliphatic heterocycles. The lowest BCUT2D eigenvalue weighted by molar-refractivity contribution is -0.137. The first-order chi connectivity index (χ1) is 17.1. The average Bonchev–Trinajstić information content (AvgIpc) is 3.53. The van der Waals surface area contributed by atoms with Crippen LogP contribution in [0.5, 0.6) is 0 Å². The molecule has 5 rings (SSSR count). The van der Waals surface area contributed by atoms with Crippen molar-refractivity contribution in [3.63, 3.8) is 0 Å². The molecule has 1 aromatic carbocycles. The number of amides is 3. The number of nitrogens with zero attached hydrogens (tertiary/aromatic N) is 3. The third-order valence-electron chi connectivity index (χ3n) is 7.84. The van der Waals surface area contributed by atoms with Gasteiger partial charge in [-0.1, -0.05) is 43.5 Å². The molecule has 0 atom stereocenters. The molecule has 3 fully saturated rings. The zero-order valence-electron chi connectivity index (χ0n) is 20.2. The van der Waals surface area contributed by atoms with Gasteiger partial charge < -0.3 is 20.0 Å². The van der Waals surface area contributed by atoms with Crippen molar-refractivity contribution < 1.29 is 14.4 Å². The number of para-hydroxylation sites is 1. The van der Waals surface area contributed by atoms with E-state index in [-0.39, 0.29) is 24.3 Å². The number of hydrogen-bond donors (Lipinski definition) is 1. The van der Waals surface area contributed by atoms with Crippen molar-refractivity contribution >= 4 is 34.7 Å². The van der Waals surface area contributed by atoms with Crippen molar-refractivity contribution in [1.29, 1.82) is 0 Å². The van der Waals surface area contributed by atoms with Crippen LogP contribution in [0.3, 0.4) is 0 Å². The second kappa shape index (κ2) is 10.4. The van der Waals surface area contributed by atoms with E-state index in [2.05, 4.69) is 10.2 Å². The maximum absolute atomic E-state index is 13.8. The molecular weight excluding hydrogens is 460 g/mol. The van der Waals surface area contributed by atoms with Crippen molar-refractivity contribution in [3.8, 4) is 0 Å². The molecule has 3 heterocycles. The van der Waals surface area contributed by atoms with Gasteiger partial charge in [0.15, 0.2) is 0 Å². The van der Waals surface area contributed by atoms with Crippen molar-refractivity contribution in [2.75, 3.05) is 37.7 Å². The number of likely N-dealkylation sites (tertiary alicyclic amines) is 1. The van der Waals surface area contributed by atoms with Crippen LogP contribution in [-0.2, 0) is 9.59 Å². The topological polar surface area (TPSA) is 73.0 Å². The van der Waals surface area contributed by atoms with E-state index in [9.17, 15) is 14.4 Å². The maximum atomic E-state index is 13.8. The summed E-state index contributed by atoms with van der Waals surface area (Å²) in [5.74, 6) is 0.501. The fraction of sp³-hybridized carbons (Fsp3) is 0.519. The summed E-state index contributed by atoms with van der Waals surface area (Å²) >= 11 is 1.45. The van der Waals surface area contributed by atoms with Gasteiger partial charge in [0.2, 0.25) is 5.91 Å². The third-order valence-corrected chi connectivity index (χ3v) is 8.70. The smallest absolute Gasteiger partial charge is 0.263 e. The second-order valence-electron chi connectivity index (χ2n) is 10.0. The number of benzene rings is 1. The normalized spacial score (nSPS) is 20.5. The van der Waals surface area contributed by atoms with E-state index in [0.717, 1.165) is 10.6 Å². The molecule has 2 aromatic rings. The van der Waals surface area contributed by atoms with Gasteiger partial charge in [0.1, 0.15) is 12.1 Å². The number of piperidine rings is 1. The Bertz CT molecular complexity index is 1030. The Balaban J connectivity index is 1.28. The van der Waals surface area contributed by atoms with Crippen molar-refractivity contribution in [2.45, 2.75) is 50.5 Å². The van der Waals surface area contributed by atoms with Crippen LogP contribution in [-0.4, -0.2) is 65.9 Å². The zero-order chi connectivity index (χ0) is 24.3. The summed E-state index contributed by atoms with van der Waals surface area (Å²) in [7, 11) is 0. The molecule has 3 aliphatic rings. The van der Waals surface area contributed by atoms with E-state index in [1.807, 2.05) is 52.7 Å². The number of hydrogen-bond acceptors (Lipinski definition) is 5. The highest BCUT2D eigenvalue weighted by atomic mass is 32.1. The lowest BCUT2D eigenvalue weighted by Gasteiger charge is -2.43. The number of anilines is 1. The van der Waals surface area contributed by atoms with E-state index in [1.165, 1.54) is 43.4 Å². The van der Waals surface area contributed by atoms with Crippen molar-refractivity contribution in [3.05, 3.63) is 52.7 Å². The van der Waals surface area contributed by atoms with Gasteiger partial charge in [-0.2, -0.15) is 0 Å². The summed E-state index contributed by atoms with van der Waals surface area (Å²) in [4.78, 5) is 45.9. The standard InChI is InChI=1S/C27H34N4O3S/c32-24(28-18-21-8-3-1-4-9-21)19-30-20-31(22-10-5-2-6-11-22)27(26(30)34)13-15-29(16-14-27)25(33)23-12-7-17-35-23/h2,5-7,10-12,17,21H,1,3-4,8-9,13-16,18-20H2,(H,28,32). The Morgan fingerprint density at radius 3 is 2.43 bits per heavy atom. The average molecular weight is 495 g/mol. The zero-order valence-corrected chi connectivity index (χ0v) is 21.0. The van der Waals surface area contributed by atoms with Gasteiger partial charge in [0.25, 0.3) is 11.8 Å². The van der Waals surface area contributed by atoms with Crippen molar-refractivity contribution in [2.24, 2.45) is 5.92 Å². The highest BCUT2D eigenvalue weighted by Gasteiger charge is 2.54. The number of rotatable bonds is 6. The van der Waals surface area contributed by atoms with Gasteiger partial charge >= 0.3 is 0 Å². The van der Waals surface area contributed by atoms with Crippen molar-refractivity contribution in [1.82, 2.24) is 15.1 Å². The summed E-state index contributed by atoms with van der Waals surface area (Å²) < 4.78 is 0. The molecule has 186 valence electrons. The van der Waals surface area contributed by atoms with Gasteiger partial charge in [-0.05, 0) is 55.2 Å². The molecule has 0 radical (unpaired) electrons. The molecule has 8 heteroatoms. The summed E-state index contributed by atoms with van der Waals surface area (Å²) in [6.45, 7) is 2.21. The largest absolute Gasteiger partial charge is 0.354 e. The molecule has 2 saturated heterocycles. The Morgan fingerprint density at radius 1 is 1.00 bits per heavy atom. The van der Waals surface area contributed by atoms with Crippen LogP contribution in [0.2, 0.25) is 0 Å². The van der Waals surface area contributed by atoms with Crippen LogP contribution in [0.15, 0.2) is 47.8 Å². The predicted octanol–water partition coefficient (Wildman–Crippen LogP) is 3.73. The van der Waals surface area contributed by atoms with E-state index in [4.69, 9.17) is 0 Å². The number of carbonyl (C=O) groups is 3. The molecule has 1 N–H and O–H groups in total. The predicted molar refractivity (Wildman–Crippen MR) is 137 cm³/mol. The van der Waals surface area contributed by atoms with Gasteiger partial charge in [0, 0.05) is 25.3 Å². The molecular formula is C27H34N4O3S. The van der Waals surface area contributed by atoms with E-state index in [0.29, 0.717) is 45.1 Å².